The van der Waals surface area contributed by atoms with E-state index in [1.807, 2.05) is 6.92 Å². The molecule has 5 N–H and O–H groups in total. The largest absolute Gasteiger partial charge is 0.480 e. The van der Waals surface area contributed by atoms with Gasteiger partial charge in [0.15, 0.2) is 0 Å². The number of nitrogens with two attached hydrogens (primary N) is 2. The van der Waals surface area contributed by atoms with Gasteiger partial charge < -0.3 is 16.6 Å². The van der Waals surface area contributed by atoms with Crippen LogP contribution in [-0.4, -0.2) is 27.7 Å². The third-order valence-electron chi connectivity index (χ3n) is 1.49. The Balaban J connectivity index is 3.83. The Morgan fingerprint density at radius 3 is 2.58 bits per heavy atom. The molecule has 0 aromatic carbocycles. The summed E-state index contributed by atoms with van der Waals surface area (Å²) in [6, 6.07) is 0. The number of carboxylic acid groups (broad SMARTS) is 1. The summed E-state index contributed by atoms with van der Waals surface area (Å²) in [5, 5.41) is 8.63. The maximum Gasteiger partial charge on any atom is 0.324 e. The molecule has 0 aromatic rings. The van der Waals surface area contributed by atoms with E-state index in [4.69, 9.17) is 16.6 Å². The molecule has 1 unspecified atom stereocenters. The normalized spacial score (nSPS) is 18.3. The number of aliphatic carboxylic acids is 1. The minimum Gasteiger partial charge on any atom is -0.480 e. The van der Waals surface area contributed by atoms with Crippen molar-refractivity contribution >= 4 is 17.7 Å². The van der Waals surface area contributed by atoms with E-state index in [1.54, 1.807) is 0 Å². The van der Waals surface area contributed by atoms with Crippen molar-refractivity contribution in [1.29, 1.82) is 0 Å². The lowest BCUT2D eigenvalue weighted by atomic mass is 10.1. The predicted molar refractivity (Wildman–Crippen MR) is 51.0 cm³/mol. The first kappa shape index (κ1) is 11.7. The van der Waals surface area contributed by atoms with Crippen LogP contribution in [0.5, 0.6) is 0 Å². The molecule has 2 atom stereocenters. The quantitative estimate of drug-likeness (QED) is 0.542. The molecule has 0 aliphatic heterocycles. The smallest absolute Gasteiger partial charge is 0.324 e. The van der Waals surface area contributed by atoms with E-state index >= 15 is 0 Å². The lowest BCUT2D eigenvalue weighted by Gasteiger charge is -2.20. The number of carbonyl (C=O) groups is 1. The second-order valence-corrected chi connectivity index (χ2v) is 4.21. The summed E-state index contributed by atoms with van der Waals surface area (Å²) in [5.74, 6) is -0.643. The Morgan fingerprint density at radius 2 is 2.25 bits per heavy atom. The van der Waals surface area contributed by atoms with E-state index in [2.05, 4.69) is 0 Å². The van der Waals surface area contributed by atoms with E-state index in [0.717, 1.165) is 6.42 Å². The average molecular weight is 192 g/mol. The molecule has 0 fully saturated rings. The third-order valence-corrected chi connectivity index (χ3v) is 3.02. The van der Waals surface area contributed by atoms with Gasteiger partial charge in [-0.3, -0.25) is 4.79 Å². The van der Waals surface area contributed by atoms with Crippen molar-refractivity contribution in [2.24, 2.45) is 11.5 Å². The zero-order chi connectivity index (χ0) is 9.78. The van der Waals surface area contributed by atoms with Crippen LogP contribution in [0.3, 0.4) is 0 Å². The third kappa shape index (κ3) is 3.94. The van der Waals surface area contributed by atoms with Gasteiger partial charge in [0.1, 0.15) is 5.54 Å². The van der Waals surface area contributed by atoms with Crippen molar-refractivity contribution in [3.8, 4) is 0 Å². The molecular formula is C7H16N2O2S. The van der Waals surface area contributed by atoms with Crippen molar-refractivity contribution < 1.29 is 9.90 Å². The van der Waals surface area contributed by atoms with Crippen LogP contribution in [0.15, 0.2) is 0 Å². The van der Waals surface area contributed by atoms with Crippen LogP contribution in [0.25, 0.3) is 0 Å². The van der Waals surface area contributed by atoms with E-state index in [0.29, 0.717) is 5.75 Å². The molecule has 0 heterocycles. The highest BCUT2D eigenvalue weighted by Crippen LogP contribution is 2.15. The standard InChI is InChI=1S/C7H16N2O2S/c1-3-5(8)12-4-7(2,9)6(10)11/h5H,3-4,8-9H2,1-2H3,(H,10,11)/t5?,7-/m0/s1. The monoisotopic (exact) mass is 192 g/mol. The molecule has 4 nitrogen and oxygen atoms in total. The van der Waals surface area contributed by atoms with Crippen LogP contribution in [-0.2, 0) is 4.79 Å². The average Bonchev–Trinajstić information content (AvgIpc) is 2.00. The van der Waals surface area contributed by atoms with Crippen LogP contribution in [0.4, 0.5) is 0 Å². The number of hydrogen-bond donors (Lipinski definition) is 3. The molecule has 72 valence electrons. The van der Waals surface area contributed by atoms with Gasteiger partial charge in [-0.1, -0.05) is 6.92 Å². The fourth-order valence-corrected chi connectivity index (χ4v) is 1.38. The molecule has 0 saturated heterocycles. The number of hydrogen-bond acceptors (Lipinski definition) is 4. The van der Waals surface area contributed by atoms with Crippen molar-refractivity contribution in [1.82, 2.24) is 0 Å². The molecule has 0 aliphatic rings. The lowest BCUT2D eigenvalue weighted by molar-refractivity contribution is -0.141. The molecule has 0 rings (SSSR count). The number of carboxylic acids is 1. The first-order chi connectivity index (χ1) is 5.40. The van der Waals surface area contributed by atoms with Gasteiger partial charge in [-0.2, -0.15) is 0 Å². The van der Waals surface area contributed by atoms with Crippen LogP contribution < -0.4 is 11.5 Å². The van der Waals surface area contributed by atoms with E-state index in [9.17, 15) is 4.79 Å². The highest BCUT2D eigenvalue weighted by molar-refractivity contribution is 7.99. The minimum atomic E-state index is -1.17. The summed E-state index contributed by atoms with van der Waals surface area (Å²) in [7, 11) is 0. The van der Waals surface area contributed by atoms with E-state index < -0.39 is 11.5 Å². The van der Waals surface area contributed by atoms with Gasteiger partial charge in [0.2, 0.25) is 0 Å². The maximum atomic E-state index is 10.5. The highest BCUT2D eigenvalue weighted by Gasteiger charge is 2.28. The molecule has 0 spiro atoms. The van der Waals surface area contributed by atoms with Gasteiger partial charge in [-0.05, 0) is 13.3 Å². The topological polar surface area (TPSA) is 89.3 Å². The highest BCUT2D eigenvalue weighted by atomic mass is 32.2. The molecule has 0 amide bonds. The van der Waals surface area contributed by atoms with Crippen molar-refractivity contribution in [2.45, 2.75) is 31.2 Å². The van der Waals surface area contributed by atoms with Gasteiger partial charge in [0.25, 0.3) is 0 Å². The van der Waals surface area contributed by atoms with Gasteiger partial charge >= 0.3 is 5.97 Å². The predicted octanol–water partition coefficient (Wildman–Crippen LogP) is 0.216. The van der Waals surface area contributed by atoms with Gasteiger partial charge in [-0.25, -0.2) is 0 Å². The molecule has 0 aliphatic carbocycles. The second-order valence-electron chi connectivity index (χ2n) is 2.98. The summed E-state index contributed by atoms with van der Waals surface area (Å²) < 4.78 is 0. The van der Waals surface area contributed by atoms with Crippen LogP contribution in [0.2, 0.25) is 0 Å². The zero-order valence-corrected chi connectivity index (χ0v) is 8.23. The SMILES string of the molecule is CCC(N)SC[C@](C)(N)C(=O)O. The molecule has 0 saturated carbocycles. The first-order valence-electron chi connectivity index (χ1n) is 3.79. The Hall–Kier alpha value is -0.260. The fraction of sp³-hybridized carbons (Fsp3) is 0.857. The Kier molecular flexibility index (Phi) is 4.59. The van der Waals surface area contributed by atoms with Crippen LogP contribution in [0, 0.1) is 0 Å². The van der Waals surface area contributed by atoms with Gasteiger partial charge in [0, 0.05) is 5.75 Å². The van der Waals surface area contributed by atoms with Crippen LogP contribution >= 0.6 is 11.8 Å². The number of rotatable bonds is 5. The van der Waals surface area contributed by atoms with Crippen molar-refractivity contribution in [2.75, 3.05) is 5.75 Å². The summed E-state index contributed by atoms with van der Waals surface area (Å²) in [5.41, 5.74) is 9.91. The maximum absolute atomic E-state index is 10.5. The van der Waals surface area contributed by atoms with Crippen molar-refractivity contribution in [3.05, 3.63) is 0 Å². The molecule has 12 heavy (non-hydrogen) atoms. The summed E-state index contributed by atoms with van der Waals surface area (Å²) >= 11 is 1.38. The molecular weight excluding hydrogens is 176 g/mol. The summed E-state index contributed by atoms with van der Waals surface area (Å²) in [4.78, 5) is 10.5. The summed E-state index contributed by atoms with van der Waals surface area (Å²) in [6.45, 7) is 3.44. The van der Waals surface area contributed by atoms with E-state index in [-0.39, 0.29) is 5.37 Å². The van der Waals surface area contributed by atoms with Gasteiger partial charge in [-0.15, -0.1) is 11.8 Å². The Labute approximate surface area is 76.7 Å². The molecule has 5 heteroatoms. The Bertz CT molecular complexity index is 161. The molecule has 0 aromatic heterocycles. The first-order valence-corrected chi connectivity index (χ1v) is 4.84. The Morgan fingerprint density at radius 1 is 1.75 bits per heavy atom. The van der Waals surface area contributed by atoms with Crippen molar-refractivity contribution in [3.63, 3.8) is 0 Å². The summed E-state index contributed by atoms with van der Waals surface area (Å²) in [6.07, 6.45) is 0.820. The van der Waals surface area contributed by atoms with Gasteiger partial charge in [0.05, 0.1) is 5.37 Å². The lowest BCUT2D eigenvalue weighted by Crippen LogP contribution is -2.47. The molecule has 0 bridgehead atoms. The second kappa shape index (κ2) is 4.69. The number of thioether (sulfide) groups is 1. The fourth-order valence-electron chi connectivity index (χ4n) is 0.460. The van der Waals surface area contributed by atoms with E-state index in [1.165, 1.54) is 18.7 Å². The minimum absolute atomic E-state index is 0.0211. The zero-order valence-electron chi connectivity index (χ0n) is 7.41. The van der Waals surface area contributed by atoms with Crippen LogP contribution in [0.1, 0.15) is 20.3 Å². The molecule has 0 radical (unpaired) electrons.